The summed E-state index contributed by atoms with van der Waals surface area (Å²) in [5, 5.41) is 14.3. The smallest absolute Gasteiger partial charge is 0.275 e. The van der Waals surface area contributed by atoms with Crippen LogP contribution in [0, 0.1) is 5.41 Å². The first-order valence-electron chi connectivity index (χ1n) is 4.88. The van der Waals surface area contributed by atoms with Gasteiger partial charge < -0.3 is 5.73 Å². The molecule has 18 heavy (non-hydrogen) atoms. The number of H-pyrrole nitrogens is 1. The van der Waals surface area contributed by atoms with E-state index in [9.17, 15) is 4.79 Å². The summed E-state index contributed by atoms with van der Waals surface area (Å²) in [7, 11) is 0. The molecule has 0 bridgehead atoms. The van der Waals surface area contributed by atoms with E-state index in [1.165, 1.54) is 6.07 Å². The van der Waals surface area contributed by atoms with Gasteiger partial charge in [0, 0.05) is 10.6 Å². The predicted molar refractivity (Wildman–Crippen MR) is 71.3 cm³/mol. The van der Waals surface area contributed by atoms with Gasteiger partial charge in [0.1, 0.15) is 5.84 Å². The molecular weight excluding hydrogens is 275 g/mol. The third kappa shape index (κ3) is 2.37. The Morgan fingerprint density at radius 1 is 1.33 bits per heavy atom. The van der Waals surface area contributed by atoms with Crippen molar-refractivity contribution in [2.75, 3.05) is 0 Å². The van der Waals surface area contributed by atoms with Crippen LogP contribution in [0.1, 0.15) is 5.56 Å². The van der Waals surface area contributed by atoms with Gasteiger partial charge in [-0.1, -0.05) is 23.2 Å². The van der Waals surface area contributed by atoms with Crippen molar-refractivity contribution in [3.8, 4) is 11.3 Å². The van der Waals surface area contributed by atoms with Crippen LogP contribution >= 0.6 is 23.2 Å². The summed E-state index contributed by atoms with van der Waals surface area (Å²) in [5.41, 5.74) is 5.85. The van der Waals surface area contributed by atoms with E-state index in [2.05, 4.69) is 10.2 Å². The van der Waals surface area contributed by atoms with Gasteiger partial charge in [-0.05, 0) is 24.3 Å². The minimum absolute atomic E-state index is 0.0472. The SMILES string of the molecule is N=C(N)c1cc(-c2ccc(Cl)cc2Cl)n[nH]c1=O. The van der Waals surface area contributed by atoms with Gasteiger partial charge in [-0.2, -0.15) is 5.10 Å². The summed E-state index contributed by atoms with van der Waals surface area (Å²) in [6.45, 7) is 0. The molecule has 4 N–H and O–H groups in total. The van der Waals surface area contributed by atoms with Crippen molar-refractivity contribution in [3.63, 3.8) is 0 Å². The molecule has 1 aromatic carbocycles. The van der Waals surface area contributed by atoms with Crippen LogP contribution in [0.5, 0.6) is 0 Å². The molecular formula is C11H8Cl2N4O. The van der Waals surface area contributed by atoms with Crippen LogP contribution in [0.3, 0.4) is 0 Å². The number of benzene rings is 1. The number of nitrogen functional groups attached to an aromatic ring is 1. The van der Waals surface area contributed by atoms with E-state index in [1.54, 1.807) is 18.2 Å². The number of halogens is 2. The lowest BCUT2D eigenvalue weighted by Gasteiger charge is -2.05. The number of amidine groups is 1. The number of nitrogens with one attached hydrogen (secondary N) is 2. The van der Waals surface area contributed by atoms with Crippen LogP contribution in [0.25, 0.3) is 11.3 Å². The van der Waals surface area contributed by atoms with Crippen molar-refractivity contribution in [1.82, 2.24) is 10.2 Å². The van der Waals surface area contributed by atoms with E-state index < -0.39 is 5.56 Å². The minimum Gasteiger partial charge on any atom is -0.384 e. The lowest BCUT2D eigenvalue weighted by atomic mass is 10.1. The molecule has 0 aliphatic carbocycles. The van der Waals surface area contributed by atoms with E-state index in [1.807, 2.05) is 0 Å². The molecule has 0 radical (unpaired) electrons. The van der Waals surface area contributed by atoms with Crippen LogP contribution < -0.4 is 11.3 Å². The molecule has 7 heteroatoms. The zero-order valence-corrected chi connectivity index (χ0v) is 10.5. The maximum absolute atomic E-state index is 11.4. The van der Waals surface area contributed by atoms with Gasteiger partial charge in [0.05, 0.1) is 16.3 Å². The zero-order valence-electron chi connectivity index (χ0n) is 9.00. The van der Waals surface area contributed by atoms with E-state index in [-0.39, 0.29) is 11.4 Å². The average Bonchev–Trinajstić information content (AvgIpc) is 2.30. The van der Waals surface area contributed by atoms with Crippen molar-refractivity contribution in [2.45, 2.75) is 0 Å². The summed E-state index contributed by atoms with van der Waals surface area (Å²) in [6.07, 6.45) is 0. The van der Waals surface area contributed by atoms with Crippen LogP contribution in [-0.2, 0) is 0 Å². The number of aromatic amines is 1. The molecule has 0 spiro atoms. The van der Waals surface area contributed by atoms with Crippen LogP contribution in [0.2, 0.25) is 10.0 Å². The summed E-state index contributed by atoms with van der Waals surface area (Å²) >= 11 is 11.8. The fraction of sp³-hybridized carbons (Fsp3) is 0. The number of rotatable bonds is 2. The average molecular weight is 283 g/mol. The molecule has 0 fully saturated rings. The maximum atomic E-state index is 11.4. The number of nitrogens with two attached hydrogens (primary N) is 1. The van der Waals surface area contributed by atoms with Crippen LogP contribution in [0.15, 0.2) is 29.1 Å². The molecule has 5 nitrogen and oxygen atoms in total. The van der Waals surface area contributed by atoms with Crippen LogP contribution in [-0.4, -0.2) is 16.0 Å². The fourth-order valence-corrected chi connectivity index (χ4v) is 1.95. The van der Waals surface area contributed by atoms with Crippen molar-refractivity contribution >= 4 is 29.0 Å². The van der Waals surface area contributed by atoms with Gasteiger partial charge in [-0.3, -0.25) is 10.2 Å². The third-order valence-electron chi connectivity index (χ3n) is 2.30. The Morgan fingerprint density at radius 3 is 2.67 bits per heavy atom. The molecule has 0 aliphatic rings. The molecule has 92 valence electrons. The summed E-state index contributed by atoms with van der Waals surface area (Å²) in [4.78, 5) is 11.4. The van der Waals surface area contributed by atoms with Gasteiger partial charge in [0.15, 0.2) is 0 Å². The number of aromatic nitrogens is 2. The Morgan fingerprint density at radius 2 is 2.06 bits per heavy atom. The van der Waals surface area contributed by atoms with Gasteiger partial charge in [-0.25, -0.2) is 5.10 Å². The molecule has 0 amide bonds. The summed E-state index contributed by atoms with van der Waals surface area (Å²) in [6, 6.07) is 6.31. The Labute approximate surface area is 112 Å². The molecule has 0 aliphatic heterocycles. The number of hydrogen-bond acceptors (Lipinski definition) is 3. The zero-order chi connectivity index (χ0) is 13.3. The molecule has 2 aromatic rings. The van der Waals surface area contributed by atoms with E-state index in [4.69, 9.17) is 34.3 Å². The highest BCUT2D eigenvalue weighted by Crippen LogP contribution is 2.28. The Balaban J connectivity index is 2.61. The third-order valence-corrected chi connectivity index (χ3v) is 2.85. The summed E-state index contributed by atoms with van der Waals surface area (Å²) < 4.78 is 0. The lowest BCUT2D eigenvalue weighted by molar-refractivity contribution is 0.988. The number of nitrogens with zero attached hydrogens (tertiary/aromatic N) is 1. The normalized spacial score (nSPS) is 10.3. The summed E-state index contributed by atoms with van der Waals surface area (Å²) in [5.74, 6) is -0.329. The highest BCUT2D eigenvalue weighted by Gasteiger charge is 2.10. The topological polar surface area (TPSA) is 95.6 Å². The molecule has 0 unspecified atom stereocenters. The van der Waals surface area contributed by atoms with Crippen molar-refractivity contribution in [3.05, 3.63) is 50.2 Å². The Bertz CT molecular complexity index is 681. The highest BCUT2D eigenvalue weighted by molar-refractivity contribution is 6.36. The van der Waals surface area contributed by atoms with E-state index in [0.29, 0.717) is 21.3 Å². The maximum Gasteiger partial charge on any atom is 0.275 e. The monoisotopic (exact) mass is 282 g/mol. The predicted octanol–water partition coefficient (Wildman–Crippen LogP) is 2.03. The second-order valence-corrected chi connectivity index (χ2v) is 4.38. The second-order valence-electron chi connectivity index (χ2n) is 3.53. The first-order valence-corrected chi connectivity index (χ1v) is 5.64. The first-order chi connectivity index (χ1) is 8.49. The van der Waals surface area contributed by atoms with Crippen molar-refractivity contribution in [1.29, 1.82) is 5.41 Å². The van der Waals surface area contributed by atoms with E-state index in [0.717, 1.165) is 0 Å². The van der Waals surface area contributed by atoms with Crippen LogP contribution in [0.4, 0.5) is 0 Å². The Kier molecular flexibility index (Phi) is 3.36. The Hall–Kier alpha value is -1.85. The molecule has 0 atom stereocenters. The fourth-order valence-electron chi connectivity index (χ4n) is 1.44. The quantitative estimate of drug-likeness (QED) is 0.581. The molecule has 1 heterocycles. The van der Waals surface area contributed by atoms with Gasteiger partial charge in [0.25, 0.3) is 5.56 Å². The molecule has 2 rings (SSSR count). The standard InChI is InChI=1S/C11H8Cl2N4O/c12-5-1-2-6(8(13)3-5)9-4-7(10(14)15)11(18)17-16-9/h1-4H,(H3,14,15)(H,17,18). The number of hydrogen-bond donors (Lipinski definition) is 3. The van der Waals surface area contributed by atoms with E-state index >= 15 is 0 Å². The first kappa shape index (κ1) is 12.6. The second kappa shape index (κ2) is 4.80. The van der Waals surface area contributed by atoms with Crippen molar-refractivity contribution < 1.29 is 0 Å². The van der Waals surface area contributed by atoms with Gasteiger partial charge in [-0.15, -0.1) is 0 Å². The molecule has 0 saturated heterocycles. The molecule has 1 aromatic heterocycles. The highest BCUT2D eigenvalue weighted by atomic mass is 35.5. The van der Waals surface area contributed by atoms with Gasteiger partial charge in [0.2, 0.25) is 0 Å². The lowest BCUT2D eigenvalue weighted by Crippen LogP contribution is -2.24. The molecule has 0 saturated carbocycles. The van der Waals surface area contributed by atoms with Crippen molar-refractivity contribution in [2.24, 2.45) is 5.73 Å². The largest absolute Gasteiger partial charge is 0.384 e. The van der Waals surface area contributed by atoms with Gasteiger partial charge >= 0.3 is 0 Å². The minimum atomic E-state index is -0.517.